The van der Waals surface area contributed by atoms with Gasteiger partial charge in [0, 0.05) is 22.1 Å². The van der Waals surface area contributed by atoms with Gasteiger partial charge in [0.1, 0.15) is 10.3 Å². The first-order valence-electron chi connectivity index (χ1n) is 8.90. The fourth-order valence-corrected chi connectivity index (χ4v) is 4.80. The molecule has 0 radical (unpaired) electrons. The standard InChI is InChI=1S/C21H12BrFN4O2S/c1-2-9-26-15-8-5-12(22)10-14(15)16(19(26)28)17-20(29)27-21(30-17)24-18(25-27)11-3-6-13(23)7-4-11/h2-8,10H,1,9H2. The van der Waals surface area contributed by atoms with Gasteiger partial charge in [-0.2, -0.15) is 9.50 Å². The minimum atomic E-state index is -0.411. The lowest BCUT2D eigenvalue weighted by molar-refractivity contribution is -0.112. The largest absolute Gasteiger partial charge is 0.304 e. The molecule has 2 aromatic carbocycles. The van der Waals surface area contributed by atoms with Crippen molar-refractivity contribution in [2.45, 2.75) is 0 Å². The zero-order valence-electron chi connectivity index (χ0n) is 15.3. The first-order chi connectivity index (χ1) is 14.5. The molecule has 0 fully saturated rings. The molecule has 0 saturated carbocycles. The normalized spacial score (nSPS) is 15.1. The lowest BCUT2D eigenvalue weighted by atomic mass is 10.1. The van der Waals surface area contributed by atoms with Crippen molar-refractivity contribution in [1.29, 1.82) is 0 Å². The van der Waals surface area contributed by atoms with Gasteiger partial charge in [0.2, 0.25) is 4.96 Å². The first kappa shape index (κ1) is 18.8. The Morgan fingerprint density at radius 1 is 1.17 bits per heavy atom. The molecule has 1 aliphatic heterocycles. The van der Waals surface area contributed by atoms with E-state index in [-0.39, 0.29) is 16.3 Å². The Balaban J connectivity index is 1.73. The molecule has 9 heteroatoms. The van der Waals surface area contributed by atoms with Crippen LogP contribution in [0.3, 0.4) is 0 Å². The summed E-state index contributed by atoms with van der Waals surface area (Å²) in [7, 11) is 0. The van der Waals surface area contributed by atoms with Gasteiger partial charge in [-0.1, -0.05) is 33.3 Å². The van der Waals surface area contributed by atoms with Crippen LogP contribution in [0.2, 0.25) is 0 Å². The molecule has 3 heterocycles. The topological polar surface area (TPSA) is 67.6 Å². The van der Waals surface area contributed by atoms with Gasteiger partial charge in [-0.3, -0.25) is 9.59 Å². The number of carbonyl (C=O) groups is 1. The van der Waals surface area contributed by atoms with Crippen molar-refractivity contribution >= 4 is 49.4 Å². The highest BCUT2D eigenvalue weighted by atomic mass is 79.9. The van der Waals surface area contributed by atoms with Crippen molar-refractivity contribution in [3.05, 3.63) is 85.9 Å². The maximum Gasteiger partial charge on any atom is 0.291 e. The van der Waals surface area contributed by atoms with Gasteiger partial charge in [-0.05, 0) is 42.5 Å². The van der Waals surface area contributed by atoms with Crippen LogP contribution in [0.15, 0.2) is 64.4 Å². The Labute approximate surface area is 181 Å². The van der Waals surface area contributed by atoms with Gasteiger partial charge < -0.3 is 4.90 Å². The number of rotatable bonds is 3. The zero-order valence-corrected chi connectivity index (χ0v) is 17.7. The van der Waals surface area contributed by atoms with E-state index in [0.29, 0.717) is 34.0 Å². The van der Waals surface area contributed by atoms with E-state index in [0.717, 1.165) is 21.5 Å². The summed E-state index contributed by atoms with van der Waals surface area (Å²) >= 11 is 4.55. The molecule has 5 rings (SSSR count). The Bertz CT molecular complexity index is 1460. The van der Waals surface area contributed by atoms with E-state index in [1.165, 1.54) is 16.6 Å². The predicted molar refractivity (Wildman–Crippen MR) is 117 cm³/mol. The number of halogens is 2. The minimum Gasteiger partial charge on any atom is -0.304 e. The molecule has 0 saturated heterocycles. The third-order valence-electron chi connectivity index (χ3n) is 4.78. The van der Waals surface area contributed by atoms with Gasteiger partial charge in [-0.25, -0.2) is 4.39 Å². The van der Waals surface area contributed by atoms with E-state index < -0.39 is 5.56 Å². The van der Waals surface area contributed by atoms with Gasteiger partial charge >= 0.3 is 0 Å². The van der Waals surface area contributed by atoms with Crippen LogP contribution in [0.1, 0.15) is 5.56 Å². The molecule has 1 amide bonds. The van der Waals surface area contributed by atoms with Gasteiger partial charge in [0.25, 0.3) is 11.5 Å². The maximum absolute atomic E-state index is 13.2. The fourth-order valence-electron chi connectivity index (χ4n) is 3.44. The molecular formula is C21H12BrFN4O2S. The number of carbonyl (C=O) groups excluding carboxylic acids is 1. The average molecular weight is 483 g/mol. The minimum absolute atomic E-state index is 0.261. The van der Waals surface area contributed by atoms with E-state index >= 15 is 0 Å². The molecular weight excluding hydrogens is 471 g/mol. The Hall–Kier alpha value is -3.17. The van der Waals surface area contributed by atoms with E-state index in [1.54, 1.807) is 23.1 Å². The van der Waals surface area contributed by atoms with Crippen LogP contribution in [0.5, 0.6) is 0 Å². The molecule has 0 spiro atoms. The van der Waals surface area contributed by atoms with Crippen molar-refractivity contribution < 1.29 is 9.18 Å². The highest BCUT2D eigenvalue weighted by Crippen LogP contribution is 2.37. The van der Waals surface area contributed by atoms with Crippen LogP contribution in [0, 0.1) is 5.82 Å². The highest BCUT2D eigenvalue weighted by molar-refractivity contribution is 9.10. The zero-order chi connectivity index (χ0) is 21.0. The first-order valence-corrected chi connectivity index (χ1v) is 10.5. The third-order valence-corrected chi connectivity index (χ3v) is 6.30. The number of amides is 1. The Morgan fingerprint density at radius 3 is 2.63 bits per heavy atom. The van der Waals surface area contributed by atoms with Crippen molar-refractivity contribution in [3.8, 4) is 11.4 Å². The van der Waals surface area contributed by atoms with E-state index in [9.17, 15) is 14.0 Å². The van der Waals surface area contributed by atoms with Gasteiger partial charge in [0.15, 0.2) is 5.82 Å². The number of anilines is 1. The van der Waals surface area contributed by atoms with Crippen molar-refractivity contribution in [1.82, 2.24) is 14.6 Å². The van der Waals surface area contributed by atoms with Crippen molar-refractivity contribution in [2.24, 2.45) is 0 Å². The summed E-state index contributed by atoms with van der Waals surface area (Å²) in [4.78, 5) is 32.6. The average Bonchev–Trinajstić information content (AvgIpc) is 3.35. The van der Waals surface area contributed by atoms with E-state index in [1.807, 2.05) is 18.2 Å². The smallest absolute Gasteiger partial charge is 0.291 e. The molecule has 0 unspecified atom stereocenters. The fraction of sp³-hybridized carbons (Fsp3) is 0.0476. The van der Waals surface area contributed by atoms with Crippen LogP contribution in [-0.2, 0) is 4.79 Å². The third kappa shape index (κ3) is 2.81. The predicted octanol–water partition coefficient (Wildman–Crippen LogP) is 3.17. The van der Waals surface area contributed by atoms with Gasteiger partial charge in [-0.15, -0.1) is 11.7 Å². The highest BCUT2D eigenvalue weighted by Gasteiger charge is 2.34. The summed E-state index contributed by atoms with van der Waals surface area (Å²) in [6.45, 7) is 4.05. The molecule has 0 N–H and O–H groups in total. The van der Waals surface area contributed by atoms with Crippen LogP contribution in [0.4, 0.5) is 10.1 Å². The summed E-state index contributed by atoms with van der Waals surface area (Å²) < 4.78 is 15.4. The molecule has 1 aliphatic rings. The number of hydrogen-bond acceptors (Lipinski definition) is 5. The van der Waals surface area contributed by atoms with Crippen LogP contribution in [0.25, 0.3) is 21.9 Å². The monoisotopic (exact) mass is 482 g/mol. The molecule has 148 valence electrons. The number of benzene rings is 2. The van der Waals surface area contributed by atoms with E-state index in [4.69, 9.17) is 0 Å². The van der Waals surface area contributed by atoms with Gasteiger partial charge in [0.05, 0.1) is 11.3 Å². The van der Waals surface area contributed by atoms with Crippen molar-refractivity contribution in [2.75, 3.05) is 11.4 Å². The van der Waals surface area contributed by atoms with Crippen LogP contribution < -0.4 is 15.0 Å². The second kappa shape index (κ2) is 6.96. The molecule has 30 heavy (non-hydrogen) atoms. The van der Waals surface area contributed by atoms with Crippen molar-refractivity contribution in [3.63, 3.8) is 0 Å². The Kier molecular flexibility index (Phi) is 4.37. The summed E-state index contributed by atoms with van der Waals surface area (Å²) in [5.74, 6) is -0.302. The molecule has 0 atom stereocenters. The lowest BCUT2D eigenvalue weighted by Crippen LogP contribution is -2.32. The summed E-state index contributed by atoms with van der Waals surface area (Å²) in [6, 6.07) is 11.2. The van der Waals surface area contributed by atoms with Crippen LogP contribution >= 0.6 is 27.3 Å². The SMILES string of the molecule is C=CCN1C(=O)C(=c2sc3nc(-c4ccc(F)cc4)nn3c2=O)c2cc(Br)ccc21. The Morgan fingerprint density at radius 2 is 1.93 bits per heavy atom. The quantitative estimate of drug-likeness (QED) is 0.420. The number of aromatic nitrogens is 3. The summed E-state index contributed by atoms with van der Waals surface area (Å²) in [6.07, 6.45) is 1.64. The van der Waals surface area contributed by atoms with Crippen LogP contribution in [-0.4, -0.2) is 27.0 Å². The second-order valence-corrected chi connectivity index (χ2v) is 8.51. The summed E-state index contributed by atoms with van der Waals surface area (Å²) in [5, 5.41) is 4.28. The number of fused-ring (bicyclic) bond motifs is 2. The number of hydrogen-bond donors (Lipinski definition) is 0. The lowest BCUT2D eigenvalue weighted by Gasteiger charge is -2.14. The summed E-state index contributed by atoms with van der Waals surface area (Å²) in [5.41, 5.74) is 1.92. The molecule has 2 aromatic heterocycles. The number of thiazole rings is 1. The number of nitrogens with zero attached hydrogens (tertiary/aromatic N) is 4. The maximum atomic E-state index is 13.2. The molecule has 0 aliphatic carbocycles. The molecule has 4 aromatic rings. The second-order valence-electron chi connectivity index (χ2n) is 6.61. The van der Waals surface area contributed by atoms with E-state index in [2.05, 4.69) is 32.6 Å². The molecule has 0 bridgehead atoms. The molecule has 6 nitrogen and oxygen atoms in total.